The number of halogens is 1. The van der Waals surface area contributed by atoms with Gasteiger partial charge < -0.3 is 4.74 Å². The summed E-state index contributed by atoms with van der Waals surface area (Å²) in [6.45, 7) is 0. The molecule has 0 radical (unpaired) electrons. The molecule has 0 heterocycles. The van der Waals surface area contributed by atoms with Crippen LogP contribution < -0.4 is 0 Å². The molecule has 0 saturated heterocycles. The average molecular weight is 162 g/mol. The third kappa shape index (κ3) is 1.99. The molecule has 2 unspecified atom stereocenters. The number of rotatable bonds is 2. The normalized spacial score (nSPS) is 30.6. The number of carbonyl (C=O) groups is 1. The topological polar surface area (TPSA) is 38.7 Å². The third-order valence-corrected chi connectivity index (χ3v) is 1.72. The Balaban J connectivity index is 2.23. The maximum absolute atomic E-state index is 10.4. The zero-order chi connectivity index (χ0) is 7.56. The van der Waals surface area contributed by atoms with Gasteiger partial charge in [0.1, 0.15) is 6.21 Å². The second-order valence-corrected chi connectivity index (χ2v) is 2.68. The minimum Gasteiger partial charge on any atom is -0.465 e. The Labute approximate surface area is 64.0 Å². The van der Waals surface area contributed by atoms with Gasteiger partial charge in [0.25, 0.3) is 0 Å². The highest BCUT2D eigenvalue weighted by Crippen LogP contribution is 2.30. The van der Waals surface area contributed by atoms with Crippen LogP contribution in [0.1, 0.15) is 6.42 Å². The van der Waals surface area contributed by atoms with Crippen LogP contribution in [-0.2, 0) is 9.53 Å². The van der Waals surface area contributed by atoms with Crippen LogP contribution in [0.5, 0.6) is 0 Å². The number of methoxy groups -OCH3 is 1. The van der Waals surface area contributed by atoms with Gasteiger partial charge in [0.05, 0.1) is 18.5 Å². The Morgan fingerprint density at radius 3 is 2.90 bits per heavy atom. The second kappa shape index (κ2) is 3.01. The van der Waals surface area contributed by atoms with Gasteiger partial charge in [-0.3, -0.25) is 4.99 Å². The van der Waals surface area contributed by atoms with Crippen molar-refractivity contribution in [2.45, 2.75) is 17.8 Å². The van der Waals surface area contributed by atoms with Crippen molar-refractivity contribution in [1.29, 1.82) is 0 Å². The van der Waals surface area contributed by atoms with Crippen LogP contribution in [0.3, 0.4) is 0 Å². The van der Waals surface area contributed by atoms with Crippen molar-refractivity contribution < 1.29 is 9.53 Å². The van der Waals surface area contributed by atoms with E-state index in [1.807, 2.05) is 0 Å². The molecule has 2 atom stereocenters. The number of ether oxygens (including phenoxy) is 1. The molecule has 0 aliphatic heterocycles. The van der Waals surface area contributed by atoms with Crippen molar-refractivity contribution in [2.75, 3.05) is 7.11 Å². The molecule has 3 nitrogen and oxygen atoms in total. The summed E-state index contributed by atoms with van der Waals surface area (Å²) in [6, 6.07) is 0.140. The van der Waals surface area contributed by atoms with Crippen molar-refractivity contribution in [2.24, 2.45) is 4.99 Å². The van der Waals surface area contributed by atoms with Crippen LogP contribution in [0, 0.1) is 0 Å². The van der Waals surface area contributed by atoms with Crippen LogP contribution in [0.15, 0.2) is 4.99 Å². The van der Waals surface area contributed by atoms with Crippen molar-refractivity contribution in [3.05, 3.63) is 0 Å². The van der Waals surface area contributed by atoms with Gasteiger partial charge in [-0.15, -0.1) is 11.6 Å². The first-order valence-corrected chi connectivity index (χ1v) is 3.43. The lowest BCUT2D eigenvalue weighted by atomic mass is 10.7. The van der Waals surface area contributed by atoms with E-state index >= 15 is 0 Å². The highest BCUT2D eigenvalue weighted by Gasteiger charge is 2.34. The van der Waals surface area contributed by atoms with Crippen LogP contribution in [-0.4, -0.2) is 30.7 Å². The summed E-state index contributed by atoms with van der Waals surface area (Å²) < 4.78 is 4.33. The summed E-state index contributed by atoms with van der Waals surface area (Å²) in [5, 5.41) is 0.126. The number of aliphatic imine (C=N–C) groups is 1. The molecule has 56 valence electrons. The van der Waals surface area contributed by atoms with Gasteiger partial charge >= 0.3 is 5.97 Å². The lowest BCUT2D eigenvalue weighted by molar-refractivity contribution is -0.132. The van der Waals surface area contributed by atoms with E-state index in [-0.39, 0.29) is 11.4 Å². The number of esters is 1. The van der Waals surface area contributed by atoms with Crippen LogP contribution in [0.2, 0.25) is 0 Å². The Bertz CT molecular complexity index is 169. The van der Waals surface area contributed by atoms with Gasteiger partial charge in [0, 0.05) is 0 Å². The number of hydrogen-bond acceptors (Lipinski definition) is 3. The number of alkyl halides is 1. The molecule has 1 fully saturated rings. The fraction of sp³-hybridized carbons (Fsp3) is 0.667. The molecule has 10 heavy (non-hydrogen) atoms. The van der Waals surface area contributed by atoms with Gasteiger partial charge in [0.2, 0.25) is 0 Å². The first kappa shape index (κ1) is 7.54. The van der Waals surface area contributed by atoms with Crippen molar-refractivity contribution in [3.63, 3.8) is 0 Å². The second-order valence-electron chi connectivity index (χ2n) is 2.12. The van der Waals surface area contributed by atoms with Gasteiger partial charge in [-0.05, 0) is 6.42 Å². The molecule has 0 aromatic rings. The molecule has 1 saturated carbocycles. The molecule has 0 aromatic heterocycles. The van der Waals surface area contributed by atoms with Crippen molar-refractivity contribution >= 4 is 23.8 Å². The molecule has 0 N–H and O–H groups in total. The molecule has 1 aliphatic rings. The van der Waals surface area contributed by atoms with Gasteiger partial charge in [0.15, 0.2) is 0 Å². The monoisotopic (exact) mass is 161 g/mol. The molecule has 0 spiro atoms. The molecule has 0 amide bonds. The highest BCUT2D eigenvalue weighted by atomic mass is 35.5. The van der Waals surface area contributed by atoms with Gasteiger partial charge in [-0.2, -0.15) is 0 Å². The van der Waals surface area contributed by atoms with E-state index in [4.69, 9.17) is 11.6 Å². The summed E-state index contributed by atoms with van der Waals surface area (Å²) in [6.07, 6.45) is 2.04. The lowest BCUT2D eigenvalue weighted by Crippen LogP contribution is -2.01. The van der Waals surface area contributed by atoms with Crippen molar-refractivity contribution in [3.8, 4) is 0 Å². The van der Waals surface area contributed by atoms with E-state index in [0.717, 1.165) is 6.42 Å². The first-order chi connectivity index (χ1) is 4.74. The van der Waals surface area contributed by atoms with Crippen LogP contribution in [0.4, 0.5) is 0 Å². The fourth-order valence-electron chi connectivity index (χ4n) is 0.516. The zero-order valence-corrected chi connectivity index (χ0v) is 6.34. The summed E-state index contributed by atoms with van der Waals surface area (Å²) >= 11 is 5.61. The molecule has 0 aromatic carbocycles. The highest BCUT2D eigenvalue weighted by molar-refractivity contribution is 6.25. The minimum atomic E-state index is -0.421. The molecule has 1 aliphatic carbocycles. The van der Waals surface area contributed by atoms with Crippen LogP contribution in [0.25, 0.3) is 0 Å². The predicted octanol–water partition coefficient (Wildman–Crippen LogP) is 0.610. The largest absolute Gasteiger partial charge is 0.465 e. The maximum Gasteiger partial charge on any atom is 0.348 e. The summed E-state index contributed by atoms with van der Waals surface area (Å²) in [7, 11) is 1.32. The van der Waals surface area contributed by atoms with Crippen molar-refractivity contribution in [1.82, 2.24) is 0 Å². The summed E-state index contributed by atoms with van der Waals surface area (Å²) in [4.78, 5) is 14.3. The molecular formula is C6H8ClNO2. The predicted molar refractivity (Wildman–Crippen MR) is 38.6 cm³/mol. The van der Waals surface area contributed by atoms with E-state index in [1.165, 1.54) is 13.3 Å². The number of nitrogens with zero attached hydrogens (tertiary/aromatic N) is 1. The lowest BCUT2D eigenvalue weighted by Gasteiger charge is -1.87. The number of carbonyl (C=O) groups excluding carboxylic acids is 1. The van der Waals surface area contributed by atoms with E-state index in [9.17, 15) is 4.79 Å². The Kier molecular flexibility index (Phi) is 2.27. The molecule has 4 heteroatoms. The Hall–Kier alpha value is -0.570. The van der Waals surface area contributed by atoms with E-state index in [0.29, 0.717) is 0 Å². The Morgan fingerprint density at radius 2 is 2.50 bits per heavy atom. The van der Waals surface area contributed by atoms with E-state index in [1.54, 1.807) is 0 Å². The van der Waals surface area contributed by atoms with E-state index < -0.39 is 5.97 Å². The minimum absolute atomic E-state index is 0.126. The maximum atomic E-state index is 10.4. The van der Waals surface area contributed by atoms with E-state index in [2.05, 4.69) is 9.73 Å². The number of hydrogen-bond donors (Lipinski definition) is 0. The quantitative estimate of drug-likeness (QED) is 0.338. The summed E-state index contributed by atoms with van der Waals surface area (Å²) in [5.41, 5.74) is 0. The van der Waals surface area contributed by atoms with Gasteiger partial charge in [-0.1, -0.05) is 0 Å². The first-order valence-electron chi connectivity index (χ1n) is 2.99. The average Bonchev–Trinajstić information content (AvgIpc) is 2.61. The SMILES string of the molecule is COC(=O)C=NC1CC1Cl. The molecule has 1 rings (SSSR count). The fourth-order valence-corrected chi connectivity index (χ4v) is 0.763. The third-order valence-electron chi connectivity index (χ3n) is 1.25. The summed E-state index contributed by atoms with van der Waals surface area (Å²) in [5.74, 6) is -0.421. The van der Waals surface area contributed by atoms with Gasteiger partial charge in [-0.25, -0.2) is 4.79 Å². The smallest absolute Gasteiger partial charge is 0.348 e. The van der Waals surface area contributed by atoms with Crippen LogP contribution >= 0.6 is 11.6 Å². The molecular weight excluding hydrogens is 154 g/mol. The Morgan fingerprint density at radius 1 is 1.90 bits per heavy atom. The molecule has 0 bridgehead atoms. The zero-order valence-electron chi connectivity index (χ0n) is 5.58. The standard InChI is InChI=1S/C6H8ClNO2/c1-10-6(9)3-8-5-2-4(5)7/h3-5H,2H2,1H3.